The first-order valence-corrected chi connectivity index (χ1v) is 13.6. The Kier molecular flexibility index (Phi) is 10.2. The van der Waals surface area contributed by atoms with Crippen molar-refractivity contribution >= 4 is 35.4 Å². The number of esters is 2. The molecule has 236 valence electrons. The lowest BCUT2D eigenvalue weighted by molar-refractivity contribution is -0.201. The van der Waals surface area contributed by atoms with Crippen molar-refractivity contribution in [3.63, 3.8) is 0 Å². The molecule has 0 aromatic heterocycles. The van der Waals surface area contributed by atoms with Crippen LogP contribution in [-0.4, -0.2) is 73.2 Å². The number of fused-ring (bicyclic) bond motifs is 1. The molecule has 3 N–H and O–H groups in total. The van der Waals surface area contributed by atoms with Crippen LogP contribution in [0.2, 0.25) is 0 Å². The van der Waals surface area contributed by atoms with Gasteiger partial charge >= 0.3 is 18.1 Å². The van der Waals surface area contributed by atoms with Gasteiger partial charge in [0, 0.05) is 36.8 Å². The second-order valence-corrected chi connectivity index (χ2v) is 10.9. The van der Waals surface area contributed by atoms with Crippen molar-refractivity contribution in [1.82, 2.24) is 15.5 Å². The molecule has 0 bridgehead atoms. The summed E-state index contributed by atoms with van der Waals surface area (Å²) in [4.78, 5) is 62.5. The summed E-state index contributed by atoms with van der Waals surface area (Å²) < 4.78 is 46.1. The number of ether oxygens (including phenoxy) is 2. The van der Waals surface area contributed by atoms with Crippen molar-refractivity contribution in [3.8, 4) is 5.75 Å². The highest BCUT2D eigenvalue weighted by molar-refractivity contribution is 6.08. The molecule has 1 aliphatic rings. The van der Waals surface area contributed by atoms with Crippen molar-refractivity contribution in [2.75, 3.05) is 26.7 Å². The number of amides is 2. The standard InChI is InChI=1S/C30H33F3N4O7/c1-6-43-23-12-17-14-37(25(34)19(17)13-20(23)26(40)35-5)15-22(38)16-7-8-18(21(11-16)29(2,3)4)27(41)36-10-9-24(39)44-28(42)30(31,32)33/h7-8,11-13,34H,6,9-10,14-15H2,1-5H3,(H,35,40)(H,36,41). The average Bonchev–Trinajstić information content (AvgIpc) is 3.24. The van der Waals surface area contributed by atoms with Crippen LogP contribution in [0.3, 0.4) is 0 Å². The smallest absolute Gasteiger partial charge is 0.491 e. The van der Waals surface area contributed by atoms with Gasteiger partial charge < -0.3 is 25.0 Å². The fourth-order valence-corrected chi connectivity index (χ4v) is 4.54. The Hall–Kier alpha value is -4.75. The molecule has 0 unspecified atom stereocenters. The summed E-state index contributed by atoms with van der Waals surface area (Å²) in [6, 6.07) is 7.72. The van der Waals surface area contributed by atoms with Crippen molar-refractivity contribution < 1.29 is 46.6 Å². The highest BCUT2D eigenvalue weighted by Gasteiger charge is 2.42. The van der Waals surface area contributed by atoms with Gasteiger partial charge in [0.2, 0.25) is 0 Å². The Morgan fingerprint density at radius 3 is 2.27 bits per heavy atom. The molecule has 0 radical (unpaired) electrons. The number of hydrogen-bond donors (Lipinski definition) is 3. The van der Waals surface area contributed by atoms with Crippen LogP contribution in [0.4, 0.5) is 13.2 Å². The van der Waals surface area contributed by atoms with E-state index in [9.17, 15) is 37.1 Å². The number of carbonyl (C=O) groups excluding carboxylic acids is 5. The summed E-state index contributed by atoms with van der Waals surface area (Å²) in [6.45, 7) is 7.29. The first-order chi connectivity index (χ1) is 20.5. The molecule has 1 aliphatic heterocycles. The maximum atomic E-state index is 13.4. The van der Waals surface area contributed by atoms with E-state index in [-0.39, 0.29) is 47.3 Å². The molecule has 2 aromatic carbocycles. The molecule has 0 atom stereocenters. The van der Waals surface area contributed by atoms with E-state index in [1.165, 1.54) is 19.2 Å². The van der Waals surface area contributed by atoms with Crippen LogP contribution in [0.15, 0.2) is 30.3 Å². The molecule has 0 saturated heterocycles. The summed E-state index contributed by atoms with van der Waals surface area (Å²) in [5, 5.41) is 13.6. The van der Waals surface area contributed by atoms with Gasteiger partial charge in [0.15, 0.2) is 5.78 Å². The minimum Gasteiger partial charge on any atom is -0.493 e. The second-order valence-electron chi connectivity index (χ2n) is 10.9. The van der Waals surface area contributed by atoms with Crippen LogP contribution in [0, 0.1) is 5.41 Å². The minimum absolute atomic E-state index is 0.0732. The molecule has 0 spiro atoms. The zero-order valence-electron chi connectivity index (χ0n) is 24.9. The molecule has 2 amide bonds. The molecule has 14 heteroatoms. The Morgan fingerprint density at radius 1 is 1.00 bits per heavy atom. The highest BCUT2D eigenvalue weighted by atomic mass is 19.4. The molecule has 3 rings (SSSR count). The third-order valence-corrected chi connectivity index (χ3v) is 6.69. The first-order valence-electron chi connectivity index (χ1n) is 13.6. The largest absolute Gasteiger partial charge is 0.493 e. The van der Waals surface area contributed by atoms with Gasteiger partial charge in [0.25, 0.3) is 11.8 Å². The van der Waals surface area contributed by atoms with Gasteiger partial charge in [0.1, 0.15) is 11.6 Å². The number of hydrogen-bond acceptors (Lipinski definition) is 8. The van der Waals surface area contributed by atoms with Crippen molar-refractivity contribution in [1.29, 1.82) is 5.41 Å². The third kappa shape index (κ3) is 7.79. The monoisotopic (exact) mass is 618 g/mol. The molecule has 1 heterocycles. The van der Waals surface area contributed by atoms with E-state index < -0.39 is 42.4 Å². The topological polar surface area (TPSA) is 155 Å². The zero-order chi connectivity index (χ0) is 33.0. The Balaban J connectivity index is 1.74. The maximum absolute atomic E-state index is 13.4. The fourth-order valence-electron chi connectivity index (χ4n) is 4.54. The fraction of sp³-hybridized carbons (Fsp3) is 0.400. The van der Waals surface area contributed by atoms with Crippen LogP contribution in [0.1, 0.15) is 81.9 Å². The molecule has 11 nitrogen and oxygen atoms in total. The SMILES string of the molecule is CCOc1cc2c(cc1C(=O)NC)C(=N)N(CC(=O)c1ccc(C(=O)NCCC(=O)OC(=O)C(F)(F)F)c(C(C)(C)C)c1)C2. The maximum Gasteiger partial charge on any atom is 0.491 e. The van der Waals surface area contributed by atoms with E-state index >= 15 is 0 Å². The minimum atomic E-state index is -5.32. The van der Waals surface area contributed by atoms with E-state index in [0.29, 0.717) is 23.5 Å². The van der Waals surface area contributed by atoms with E-state index in [4.69, 9.17) is 10.1 Å². The van der Waals surface area contributed by atoms with Crippen LogP contribution in [0.5, 0.6) is 5.75 Å². The molecular weight excluding hydrogens is 585 g/mol. The summed E-state index contributed by atoms with van der Waals surface area (Å²) in [6.07, 6.45) is -5.99. The number of rotatable bonds is 10. The highest BCUT2D eigenvalue weighted by Crippen LogP contribution is 2.32. The van der Waals surface area contributed by atoms with Crippen molar-refractivity contribution in [2.24, 2.45) is 0 Å². The number of amidine groups is 1. The second kappa shape index (κ2) is 13.3. The van der Waals surface area contributed by atoms with Gasteiger partial charge in [-0.05, 0) is 47.7 Å². The number of Topliss-reactive ketones (excluding diaryl/α,β-unsaturated/α-hetero) is 1. The van der Waals surface area contributed by atoms with E-state index in [1.54, 1.807) is 30.0 Å². The normalized spacial score (nSPS) is 12.8. The predicted octanol–water partition coefficient (Wildman–Crippen LogP) is 3.52. The molecule has 0 fully saturated rings. The summed E-state index contributed by atoms with van der Waals surface area (Å²) in [5.41, 5.74) is 1.85. The van der Waals surface area contributed by atoms with Crippen molar-refractivity contribution in [3.05, 3.63) is 63.7 Å². The number of alkyl halides is 3. The van der Waals surface area contributed by atoms with Crippen LogP contribution < -0.4 is 15.4 Å². The van der Waals surface area contributed by atoms with Crippen LogP contribution >= 0.6 is 0 Å². The Morgan fingerprint density at radius 2 is 1.68 bits per heavy atom. The van der Waals surface area contributed by atoms with Gasteiger partial charge in [-0.2, -0.15) is 13.2 Å². The van der Waals surface area contributed by atoms with Gasteiger partial charge in [-0.15, -0.1) is 0 Å². The van der Waals surface area contributed by atoms with Crippen molar-refractivity contribution in [2.45, 2.75) is 52.3 Å². The number of halogens is 3. The molecular formula is C30H33F3N4O7. The predicted molar refractivity (Wildman–Crippen MR) is 152 cm³/mol. The lowest BCUT2D eigenvalue weighted by Gasteiger charge is -2.24. The number of nitrogens with one attached hydrogen (secondary N) is 3. The summed E-state index contributed by atoms with van der Waals surface area (Å²) >= 11 is 0. The Labute approximate surface area is 251 Å². The van der Waals surface area contributed by atoms with Gasteiger partial charge in [-0.3, -0.25) is 24.6 Å². The quantitative estimate of drug-likeness (QED) is 0.208. The average molecular weight is 619 g/mol. The summed E-state index contributed by atoms with van der Waals surface area (Å²) in [5.74, 6) is -4.97. The third-order valence-electron chi connectivity index (χ3n) is 6.69. The van der Waals surface area contributed by atoms with E-state index in [1.807, 2.05) is 20.8 Å². The number of carbonyl (C=O) groups is 5. The first kappa shape index (κ1) is 33.7. The molecule has 44 heavy (non-hydrogen) atoms. The zero-order valence-corrected chi connectivity index (χ0v) is 24.9. The van der Waals surface area contributed by atoms with E-state index in [0.717, 1.165) is 5.56 Å². The number of nitrogens with zero attached hydrogens (tertiary/aromatic N) is 1. The Bertz CT molecular complexity index is 1510. The van der Waals surface area contributed by atoms with Crippen LogP contribution in [0.25, 0.3) is 0 Å². The van der Waals surface area contributed by atoms with E-state index in [2.05, 4.69) is 15.4 Å². The van der Waals surface area contributed by atoms with Gasteiger partial charge in [-0.25, -0.2) is 4.79 Å². The molecule has 0 saturated carbocycles. The van der Waals surface area contributed by atoms with Gasteiger partial charge in [0.05, 0.1) is 25.1 Å². The number of benzene rings is 2. The molecule has 2 aromatic rings. The molecule has 0 aliphatic carbocycles. The summed E-state index contributed by atoms with van der Waals surface area (Å²) in [7, 11) is 1.49. The van der Waals surface area contributed by atoms with Gasteiger partial charge in [-0.1, -0.05) is 26.8 Å². The lowest BCUT2D eigenvalue weighted by atomic mass is 9.82. The lowest BCUT2D eigenvalue weighted by Crippen LogP contribution is -2.32. The number of ketones is 1. The van der Waals surface area contributed by atoms with Crippen LogP contribution in [-0.2, 0) is 26.3 Å².